The maximum absolute atomic E-state index is 12.5. The number of hydrazone groups is 1. The molecule has 8 nitrogen and oxygen atoms in total. The second kappa shape index (κ2) is 10.5. The van der Waals surface area contributed by atoms with Gasteiger partial charge < -0.3 is 0 Å². The van der Waals surface area contributed by atoms with Crippen molar-refractivity contribution in [2.45, 2.75) is 5.16 Å². The summed E-state index contributed by atoms with van der Waals surface area (Å²) in [4.78, 5) is 20.9. The number of hydrogen-bond acceptors (Lipinski definition) is 7. The predicted molar refractivity (Wildman–Crippen MR) is 138 cm³/mol. The largest absolute Gasteiger partial charge is 0.272 e. The number of carbonyl (C=O) groups excluding carboxylic acids is 1. The number of rotatable bonds is 7. The van der Waals surface area contributed by atoms with E-state index in [0.717, 1.165) is 22.2 Å². The lowest BCUT2D eigenvalue weighted by Gasteiger charge is -2.10. The third-order valence-corrected chi connectivity index (χ3v) is 6.25. The summed E-state index contributed by atoms with van der Waals surface area (Å²) in [5, 5.41) is 14.6. The van der Waals surface area contributed by atoms with E-state index in [1.807, 2.05) is 77.4 Å². The smallest absolute Gasteiger partial charge is 0.250 e. The van der Waals surface area contributed by atoms with Crippen LogP contribution in [0.5, 0.6) is 0 Å². The van der Waals surface area contributed by atoms with Crippen LogP contribution in [0.15, 0.2) is 95.4 Å². The van der Waals surface area contributed by atoms with Crippen LogP contribution in [-0.2, 0) is 4.79 Å². The van der Waals surface area contributed by atoms with Gasteiger partial charge in [-0.3, -0.25) is 14.3 Å². The highest BCUT2D eigenvalue weighted by molar-refractivity contribution is 7.99. The molecule has 0 aliphatic heterocycles. The number of nitrogens with zero attached hydrogens (tertiary/aromatic N) is 6. The number of fused-ring (bicyclic) bond motifs is 1. The Labute approximate surface area is 210 Å². The van der Waals surface area contributed by atoms with Crippen molar-refractivity contribution in [3.63, 3.8) is 0 Å². The van der Waals surface area contributed by atoms with Crippen LogP contribution in [0.4, 0.5) is 0 Å². The van der Waals surface area contributed by atoms with Gasteiger partial charge in [0, 0.05) is 34.6 Å². The molecule has 10 heteroatoms. The Balaban J connectivity index is 1.30. The van der Waals surface area contributed by atoms with Gasteiger partial charge in [0.15, 0.2) is 11.0 Å². The minimum absolute atomic E-state index is 0.0996. The van der Waals surface area contributed by atoms with E-state index < -0.39 is 0 Å². The van der Waals surface area contributed by atoms with Crippen LogP contribution in [0.1, 0.15) is 5.56 Å². The molecule has 3 heterocycles. The van der Waals surface area contributed by atoms with Crippen molar-refractivity contribution in [2.24, 2.45) is 5.10 Å². The van der Waals surface area contributed by atoms with Crippen LogP contribution < -0.4 is 5.43 Å². The number of amides is 1. The number of pyridine rings is 2. The van der Waals surface area contributed by atoms with Crippen LogP contribution in [0.2, 0.25) is 5.15 Å². The molecule has 0 atom stereocenters. The van der Waals surface area contributed by atoms with E-state index >= 15 is 0 Å². The van der Waals surface area contributed by atoms with Crippen LogP contribution in [0.3, 0.4) is 0 Å². The molecule has 0 bridgehead atoms. The topological polar surface area (TPSA) is 98.0 Å². The average molecular weight is 500 g/mol. The van der Waals surface area contributed by atoms with Gasteiger partial charge in [0.1, 0.15) is 5.15 Å². The summed E-state index contributed by atoms with van der Waals surface area (Å²) in [7, 11) is 0. The molecule has 0 aliphatic carbocycles. The second-order valence-corrected chi connectivity index (χ2v) is 8.66. The maximum atomic E-state index is 12.5. The number of thioether (sulfide) groups is 1. The van der Waals surface area contributed by atoms with E-state index in [0.29, 0.717) is 21.7 Å². The van der Waals surface area contributed by atoms with E-state index in [4.69, 9.17) is 11.6 Å². The standard InChI is InChI=1S/C25H18ClN7OS/c26-23-19(14-18-6-4-5-9-21(18)29-23)15-28-30-22(34)16-35-25-32-31-24(17-10-12-27-13-11-17)33(25)20-7-2-1-3-8-20/h1-15H,16H2,(H,30,34)/b28-15-. The normalized spacial score (nSPS) is 11.2. The van der Waals surface area contributed by atoms with Gasteiger partial charge in [0.2, 0.25) is 0 Å². The number of carbonyl (C=O) groups is 1. The summed E-state index contributed by atoms with van der Waals surface area (Å²) in [6.07, 6.45) is 4.89. The Hall–Kier alpha value is -4.08. The first kappa shape index (κ1) is 22.7. The highest BCUT2D eigenvalue weighted by Crippen LogP contribution is 2.27. The molecule has 0 aliphatic rings. The van der Waals surface area contributed by atoms with E-state index in [-0.39, 0.29) is 11.7 Å². The van der Waals surface area contributed by atoms with Gasteiger partial charge in [-0.15, -0.1) is 10.2 Å². The number of hydrogen-bond donors (Lipinski definition) is 1. The van der Waals surface area contributed by atoms with Gasteiger partial charge in [0.25, 0.3) is 5.91 Å². The Morgan fingerprint density at radius 3 is 2.63 bits per heavy atom. The van der Waals surface area contributed by atoms with Gasteiger partial charge in [-0.25, -0.2) is 10.4 Å². The number of para-hydroxylation sites is 2. The molecule has 0 saturated heterocycles. The fourth-order valence-corrected chi connectivity index (χ4v) is 4.34. The zero-order valence-corrected chi connectivity index (χ0v) is 19.8. The quantitative estimate of drug-likeness (QED) is 0.150. The fraction of sp³-hybridized carbons (Fsp3) is 0.0400. The molecular formula is C25H18ClN7OS. The lowest BCUT2D eigenvalue weighted by molar-refractivity contribution is -0.118. The van der Waals surface area contributed by atoms with Gasteiger partial charge in [-0.2, -0.15) is 5.10 Å². The average Bonchev–Trinajstić information content (AvgIpc) is 3.33. The van der Waals surface area contributed by atoms with Crippen LogP contribution >= 0.6 is 23.4 Å². The Bertz CT molecular complexity index is 1510. The summed E-state index contributed by atoms with van der Waals surface area (Å²) in [6, 6.07) is 23.0. The summed E-state index contributed by atoms with van der Waals surface area (Å²) in [6.45, 7) is 0. The van der Waals surface area contributed by atoms with Gasteiger partial charge >= 0.3 is 0 Å². The van der Waals surface area contributed by atoms with Gasteiger partial charge in [-0.05, 0) is 36.4 Å². The van der Waals surface area contributed by atoms with E-state index in [1.54, 1.807) is 12.4 Å². The molecule has 2 aromatic carbocycles. The summed E-state index contributed by atoms with van der Waals surface area (Å²) < 4.78 is 1.91. The number of aromatic nitrogens is 5. The first-order chi connectivity index (χ1) is 17.2. The lowest BCUT2D eigenvalue weighted by Crippen LogP contribution is -2.20. The minimum atomic E-state index is -0.288. The number of nitrogens with one attached hydrogen (secondary N) is 1. The van der Waals surface area contributed by atoms with Crippen molar-refractivity contribution in [1.82, 2.24) is 30.2 Å². The van der Waals surface area contributed by atoms with Crippen LogP contribution in [0.25, 0.3) is 28.0 Å². The van der Waals surface area contributed by atoms with Crippen LogP contribution in [-0.4, -0.2) is 42.6 Å². The molecule has 0 spiro atoms. The molecule has 0 radical (unpaired) electrons. The monoisotopic (exact) mass is 499 g/mol. The van der Waals surface area contributed by atoms with Crippen molar-refractivity contribution >= 4 is 46.4 Å². The molecule has 5 rings (SSSR count). The molecular weight excluding hydrogens is 482 g/mol. The zero-order chi connectivity index (χ0) is 24.0. The Morgan fingerprint density at radius 1 is 1.03 bits per heavy atom. The molecule has 1 amide bonds. The molecule has 0 saturated carbocycles. The maximum Gasteiger partial charge on any atom is 0.250 e. The Morgan fingerprint density at radius 2 is 1.80 bits per heavy atom. The van der Waals surface area contributed by atoms with Crippen molar-refractivity contribution in [1.29, 1.82) is 0 Å². The van der Waals surface area contributed by atoms with Gasteiger partial charge in [-0.1, -0.05) is 59.8 Å². The molecule has 172 valence electrons. The number of benzene rings is 2. The molecule has 1 N–H and O–H groups in total. The van der Waals surface area contributed by atoms with Crippen molar-refractivity contribution in [2.75, 3.05) is 5.75 Å². The predicted octanol–water partition coefficient (Wildman–Crippen LogP) is 4.77. The zero-order valence-electron chi connectivity index (χ0n) is 18.2. The molecule has 0 unspecified atom stereocenters. The van der Waals surface area contributed by atoms with Crippen molar-refractivity contribution in [3.05, 3.63) is 95.9 Å². The first-order valence-electron chi connectivity index (χ1n) is 10.6. The highest BCUT2D eigenvalue weighted by atomic mass is 35.5. The summed E-state index contributed by atoms with van der Waals surface area (Å²) in [5.74, 6) is 0.477. The van der Waals surface area contributed by atoms with E-state index in [1.165, 1.54) is 18.0 Å². The minimum Gasteiger partial charge on any atom is -0.272 e. The van der Waals surface area contributed by atoms with Crippen LogP contribution in [0, 0.1) is 0 Å². The molecule has 5 aromatic rings. The SMILES string of the molecule is O=C(CSc1nnc(-c2ccncc2)n1-c1ccccc1)N/N=C\c1cc2ccccc2nc1Cl. The number of halogens is 1. The lowest BCUT2D eigenvalue weighted by atomic mass is 10.2. The fourth-order valence-electron chi connectivity index (χ4n) is 3.40. The van der Waals surface area contributed by atoms with E-state index in [9.17, 15) is 4.79 Å². The summed E-state index contributed by atoms with van der Waals surface area (Å²) in [5.41, 5.74) is 5.71. The Kier molecular flexibility index (Phi) is 6.78. The molecule has 35 heavy (non-hydrogen) atoms. The molecule has 0 fully saturated rings. The van der Waals surface area contributed by atoms with Crippen molar-refractivity contribution in [3.8, 4) is 17.1 Å². The van der Waals surface area contributed by atoms with E-state index in [2.05, 4.69) is 30.7 Å². The molecule has 3 aromatic heterocycles. The summed E-state index contributed by atoms with van der Waals surface area (Å²) >= 11 is 7.51. The third kappa shape index (κ3) is 5.21. The second-order valence-electron chi connectivity index (χ2n) is 7.36. The third-order valence-electron chi connectivity index (χ3n) is 5.02. The first-order valence-corrected chi connectivity index (χ1v) is 12.0. The van der Waals surface area contributed by atoms with Crippen molar-refractivity contribution < 1.29 is 4.79 Å². The highest BCUT2D eigenvalue weighted by Gasteiger charge is 2.17. The van der Waals surface area contributed by atoms with Gasteiger partial charge in [0.05, 0.1) is 17.5 Å².